The van der Waals surface area contributed by atoms with Gasteiger partial charge in [0.1, 0.15) is 0 Å². The molecule has 0 amide bonds. The fourth-order valence-electron chi connectivity index (χ4n) is 2.71. The van der Waals surface area contributed by atoms with E-state index in [-0.39, 0.29) is 42.6 Å². The van der Waals surface area contributed by atoms with Crippen LogP contribution in [0, 0.1) is 5.92 Å². The molecule has 0 heterocycles. The van der Waals surface area contributed by atoms with Crippen LogP contribution in [0.15, 0.2) is 29.2 Å². The maximum atomic E-state index is 11.3. The molecule has 128 valence electrons. The van der Waals surface area contributed by atoms with Gasteiger partial charge in [0, 0.05) is 37.7 Å². The quantitative estimate of drug-likeness (QED) is 0.345. The molecule has 1 aromatic rings. The second-order valence-corrected chi connectivity index (χ2v) is 7.88. The molecule has 0 unspecified atom stereocenters. The summed E-state index contributed by atoms with van der Waals surface area (Å²) in [5.41, 5.74) is 0.724. The number of aryl methyl sites for hydroxylation is 1. The van der Waals surface area contributed by atoms with Gasteiger partial charge in [0.15, 0.2) is 0 Å². The maximum absolute atomic E-state index is 11.3. The smallest absolute Gasteiger partial charge is 0.282 e. The van der Waals surface area contributed by atoms with Gasteiger partial charge in [0.25, 0.3) is 10.1 Å². The summed E-state index contributed by atoms with van der Waals surface area (Å²) in [4.78, 5) is 0.0590. The van der Waals surface area contributed by atoms with Crippen LogP contribution in [0.4, 0.5) is 0 Å². The van der Waals surface area contributed by atoms with Gasteiger partial charge in [-0.3, -0.25) is 4.55 Å². The molecule has 0 fully saturated rings. The standard InChI is InChI=1S/C18H30O3S.Ca/c1-16(2)12-8-6-4-3-5-7-9-13-17-14-10-11-15-18(17)22(19,20)21;/h10-11,14-16H,3-9,12-13H2,1-2H3,(H,19,20,21);. The van der Waals surface area contributed by atoms with Crippen LogP contribution in [0.3, 0.4) is 0 Å². The van der Waals surface area contributed by atoms with Crippen LogP contribution < -0.4 is 0 Å². The van der Waals surface area contributed by atoms with E-state index in [0.717, 1.165) is 24.3 Å². The molecule has 23 heavy (non-hydrogen) atoms. The van der Waals surface area contributed by atoms with Crippen molar-refractivity contribution in [1.29, 1.82) is 0 Å². The van der Waals surface area contributed by atoms with Crippen LogP contribution >= 0.6 is 0 Å². The molecule has 0 spiro atoms. The van der Waals surface area contributed by atoms with E-state index in [1.54, 1.807) is 12.1 Å². The summed E-state index contributed by atoms with van der Waals surface area (Å²) >= 11 is 0. The molecule has 0 bridgehead atoms. The van der Waals surface area contributed by atoms with E-state index in [1.807, 2.05) is 6.07 Å². The van der Waals surface area contributed by atoms with Crippen LogP contribution in [0.2, 0.25) is 0 Å². The van der Waals surface area contributed by atoms with Gasteiger partial charge in [0.05, 0.1) is 4.90 Å². The Kier molecular flexibility index (Phi) is 12.9. The first kappa shape index (κ1) is 23.4. The molecule has 0 aliphatic rings. The monoisotopic (exact) mass is 366 g/mol. The summed E-state index contributed by atoms with van der Waals surface area (Å²) < 4.78 is 31.8. The minimum Gasteiger partial charge on any atom is -0.282 e. The van der Waals surface area contributed by atoms with Gasteiger partial charge in [-0.1, -0.05) is 77.0 Å². The Bertz CT molecular complexity index is 527. The third kappa shape index (κ3) is 10.8. The third-order valence-corrected chi connectivity index (χ3v) is 4.93. The molecule has 0 aliphatic heterocycles. The Morgan fingerprint density at radius 3 is 2.00 bits per heavy atom. The third-order valence-electron chi connectivity index (χ3n) is 3.98. The van der Waals surface area contributed by atoms with E-state index >= 15 is 0 Å². The van der Waals surface area contributed by atoms with E-state index in [2.05, 4.69) is 13.8 Å². The molecule has 0 saturated carbocycles. The van der Waals surface area contributed by atoms with E-state index < -0.39 is 10.1 Å². The Hall–Kier alpha value is 0.390. The molecule has 1 aromatic carbocycles. The Morgan fingerprint density at radius 1 is 0.913 bits per heavy atom. The molecule has 1 N–H and O–H groups in total. The van der Waals surface area contributed by atoms with Crippen molar-refractivity contribution in [3.8, 4) is 0 Å². The Balaban J connectivity index is 0.00000484. The van der Waals surface area contributed by atoms with E-state index in [1.165, 1.54) is 44.6 Å². The van der Waals surface area contributed by atoms with Crippen molar-refractivity contribution in [2.75, 3.05) is 0 Å². The van der Waals surface area contributed by atoms with Crippen molar-refractivity contribution in [3.05, 3.63) is 29.8 Å². The normalized spacial score (nSPS) is 11.5. The van der Waals surface area contributed by atoms with Crippen molar-refractivity contribution in [1.82, 2.24) is 0 Å². The molecule has 0 aromatic heterocycles. The van der Waals surface area contributed by atoms with Crippen molar-refractivity contribution in [3.63, 3.8) is 0 Å². The summed E-state index contributed by atoms with van der Waals surface area (Å²) in [6.45, 7) is 4.54. The first-order valence-corrected chi connectivity index (χ1v) is 9.90. The molecule has 0 atom stereocenters. The summed E-state index contributed by atoms with van der Waals surface area (Å²) in [5, 5.41) is 0. The van der Waals surface area contributed by atoms with Crippen LogP contribution in [-0.4, -0.2) is 50.7 Å². The van der Waals surface area contributed by atoms with Gasteiger partial charge in [-0.15, -0.1) is 0 Å². The SMILES string of the molecule is CC(C)CCCCCCCCCc1ccccc1S(=O)(=O)O.[Ca]. The molecule has 2 radical (unpaired) electrons. The van der Waals surface area contributed by atoms with Gasteiger partial charge in [0.2, 0.25) is 0 Å². The zero-order chi connectivity index (χ0) is 16.4. The summed E-state index contributed by atoms with van der Waals surface area (Å²) in [5.74, 6) is 0.808. The molecule has 0 saturated heterocycles. The maximum Gasteiger partial charge on any atom is 0.294 e. The molecular formula is C18H30CaO3S. The zero-order valence-electron chi connectivity index (χ0n) is 14.6. The first-order valence-electron chi connectivity index (χ1n) is 8.46. The summed E-state index contributed by atoms with van der Waals surface area (Å²) in [6, 6.07) is 6.72. The van der Waals surface area contributed by atoms with Gasteiger partial charge in [-0.2, -0.15) is 8.42 Å². The van der Waals surface area contributed by atoms with E-state index in [9.17, 15) is 13.0 Å². The second kappa shape index (κ2) is 12.7. The minimum atomic E-state index is -4.10. The molecule has 0 aliphatic carbocycles. The molecule has 1 rings (SSSR count). The molecule has 5 heteroatoms. The van der Waals surface area contributed by atoms with Crippen LogP contribution in [0.1, 0.15) is 70.8 Å². The van der Waals surface area contributed by atoms with Crippen molar-refractivity contribution in [2.24, 2.45) is 5.92 Å². The van der Waals surface area contributed by atoms with Crippen molar-refractivity contribution in [2.45, 2.75) is 76.5 Å². The number of hydrogen-bond acceptors (Lipinski definition) is 2. The van der Waals surface area contributed by atoms with Crippen molar-refractivity contribution < 1.29 is 13.0 Å². The number of benzene rings is 1. The second-order valence-electron chi connectivity index (χ2n) is 6.49. The predicted octanol–water partition coefficient (Wildman–Crippen LogP) is 4.87. The Labute approximate surface area is 172 Å². The largest absolute Gasteiger partial charge is 0.294 e. The van der Waals surface area contributed by atoms with Crippen LogP contribution in [0.25, 0.3) is 0 Å². The molecular weight excluding hydrogens is 336 g/mol. The topological polar surface area (TPSA) is 54.4 Å². The fourth-order valence-corrected chi connectivity index (χ4v) is 3.47. The van der Waals surface area contributed by atoms with Gasteiger partial charge < -0.3 is 0 Å². The van der Waals surface area contributed by atoms with Crippen molar-refractivity contribution >= 4 is 47.9 Å². The van der Waals surface area contributed by atoms with E-state index in [4.69, 9.17) is 0 Å². The van der Waals surface area contributed by atoms with Gasteiger partial charge >= 0.3 is 0 Å². The number of hydrogen-bond donors (Lipinski definition) is 1. The average Bonchev–Trinajstić information content (AvgIpc) is 2.44. The predicted molar refractivity (Wildman–Crippen MR) is 97.5 cm³/mol. The summed E-state index contributed by atoms with van der Waals surface area (Å²) in [7, 11) is -4.10. The first-order chi connectivity index (χ1) is 10.4. The van der Waals surface area contributed by atoms with E-state index in [0.29, 0.717) is 6.42 Å². The summed E-state index contributed by atoms with van der Waals surface area (Å²) in [6.07, 6.45) is 10.5. The van der Waals surface area contributed by atoms with Gasteiger partial charge in [-0.25, -0.2) is 0 Å². The average molecular weight is 367 g/mol. The number of rotatable bonds is 11. The zero-order valence-corrected chi connectivity index (χ0v) is 17.7. The molecule has 3 nitrogen and oxygen atoms in total. The van der Waals surface area contributed by atoms with Crippen LogP contribution in [0.5, 0.6) is 0 Å². The fraction of sp³-hybridized carbons (Fsp3) is 0.667. The van der Waals surface area contributed by atoms with Crippen LogP contribution in [-0.2, 0) is 16.5 Å². The number of unbranched alkanes of at least 4 members (excludes halogenated alkanes) is 6. The van der Waals surface area contributed by atoms with Gasteiger partial charge in [-0.05, 0) is 30.4 Å². The Morgan fingerprint density at radius 2 is 1.43 bits per heavy atom. The minimum absolute atomic E-state index is 0.